The van der Waals surface area contributed by atoms with Crippen LogP contribution in [0.3, 0.4) is 0 Å². The molecule has 20 heavy (non-hydrogen) atoms. The first kappa shape index (κ1) is 12.5. The number of benzene rings is 1. The number of aryl methyl sites for hydroxylation is 1. The van der Waals surface area contributed by atoms with Crippen molar-refractivity contribution in [1.29, 1.82) is 0 Å². The molecule has 3 rings (SSSR count). The molecule has 0 bridgehead atoms. The molecule has 0 amide bonds. The van der Waals surface area contributed by atoms with Gasteiger partial charge in [0.2, 0.25) is 0 Å². The van der Waals surface area contributed by atoms with Gasteiger partial charge in [-0.05, 0) is 18.1 Å². The third-order valence-electron chi connectivity index (χ3n) is 3.39. The van der Waals surface area contributed by atoms with E-state index in [4.69, 9.17) is 5.73 Å². The molecule has 102 valence electrons. The van der Waals surface area contributed by atoms with E-state index in [2.05, 4.69) is 9.97 Å². The van der Waals surface area contributed by atoms with Gasteiger partial charge in [-0.3, -0.25) is 4.57 Å². The van der Waals surface area contributed by atoms with Crippen molar-refractivity contribution in [1.82, 2.24) is 14.5 Å². The van der Waals surface area contributed by atoms with E-state index in [0.29, 0.717) is 17.9 Å². The molecule has 0 radical (unpaired) electrons. The lowest BCUT2D eigenvalue weighted by atomic mass is 10.2. The predicted molar refractivity (Wildman–Crippen MR) is 79.7 cm³/mol. The summed E-state index contributed by atoms with van der Waals surface area (Å²) in [5.41, 5.74) is 9.13. The van der Waals surface area contributed by atoms with Crippen LogP contribution in [0.1, 0.15) is 18.2 Å². The molecule has 0 aliphatic heterocycles. The molecule has 0 atom stereocenters. The van der Waals surface area contributed by atoms with E-state index >= 15 is 0 Å². The molecule has 0 aliphatic carbocycles. The molecular weight excluding hydrogens is 252 g/mol. The minimum atomic E-state index is -0.161. The second-order valence-corrected chi connectivity index (χ2v) is 4.75. The molecule has 5 nitrogen and oxygen atoms in total. The molecule has 0 fully saturated rings. The van der Waals surface area contributed by atoms with Crippen molar-refractivity contribution in [3.8, 4) is 0 Å². The van der Waals surface area contributed by atoms with Gasteiger partial charge in [0.05, 0.1) is 12.1 Å². The topological polar surface area (TPSA) is 76.7 Å². The van der Waals surface area contributed by atoms with Crippen LogP contribution in [0.25, 0.3) is 11.0 Å². The molecular formula is C15H16N4O. The molecule has 1 aromatic carbocycles. The van der Waals surface area contributed by atoms with Crippen molar-refractivity contribution >= 4 is 16.9 Å². The zero-order valence-electron chi connectivity index (χ0n) is 11.3. The number of fused-ring (bicyclic) bond motifs is 1. The van der Waals surface area contributed by atoms with Crippen LogP contribution in [0.15, 0.2) is 41.2 Å². The number of hydrogen-bond donors (Lipinski definition) is 2. The average molecular weight is 268 g/mol. The van der Waals surface area contributed by atoms with Crippen LogP contribution >= 0.6 is 0 Å². The summed E-state index contributed by atoms with van der Waals surface area (Å²) in [5.74, 6) is 0.378. The number of aromatic amines is 1. The van der Waals surface area contributed by atoms with Crippen molar-refractivity contribution in [3.63, 3.8) is 0 Å². The maximum Gasteiger partial charge on any atom is 0.326 e. The number of rotatable bonds is 3. The zero-order valence-corrected chi connectivity index (χ0v) is 11.3. The predicted octanol–water partition coefficient (Wildman–Crippen LogP) is 1.92. The monoisotopic (exact) mass is 268 g/mol. The Labute approximate surface area is 116 Å². The summed E-state index contributed by atoms with van der Waals surface area (Å²) in [4.78, 5) is 19.2. The standard InChI is InChI=1S/C15H16N4O/c1-2-11-8-12-13(14(16)17-11)18-15(20)19(12)9-10-6-4-3-5-7-10/h3-8H,2,9H2,1H3,(H2,16,17)(H,18,20). The highest BCUT2D eigenvalue weighted by Gasteiger charge is 2.11. The highest BCUT2D eigenvalue weighted by molar-refractivity contribution is 5.85. The number of nitrogens with zero attached hydrogens (tertiary/aromatic N) is 2. The van der Waals surface area contributed by atoms with Gasteiger partial charge in [0.15, 0.2) is 0 Å². The van der Waals surface area contributed by atoms with E-state index < -0.39 is 0 Å². The van der Waals surface area contributed by atoms with E-state index in [1.165, 1.54) is 0 Å². The number of nitrogens with two attached hydrogens (primary N) is 1. The fraction of sp³-hybridized carbons (Fsp3) is 0.200. The molecule has 0 unspecified atom stereocenters. The van der Waals surface area contributed by atoms with Gasteiger partial charge in [-0.25, -0.2) is 9.78 Å². The minimum Gasteiger partial charge on any atom is -0.382 e. The van der Waals surface area contributed by atoms with Gasteiger partial charge in [-0.1, -0.05) is 37.3 Å². The van der Waals surface area contributed by atoms with E-state index in [1.54, 1.807) is 4.57 Å². The van der Waals surface area contributed by atoms with Crippen molar-refractivity contribution < 1.29 is 0 Å². The Kier molecular flexibility index (Phi) is 3.02. The molecule has 0 aliphatic rings. The Morgan fingerprint density at radius 3 is 2.75 bits per heavy atom. The van der Waals surface area contributed by atoms with Crippen LogP contribution in [0, 0.1) is 0 Å². The van der Waals surface area contributed by atoms with Gasteiger partial charge in [-0.15, -0.1) is 0 Å². The number of H-pyrrole nitrogens is 1. The number of nitrogen functional groups attached to an aromatic ring is 1. The van der Waals surface area contributed by atoms with E-state index in [9.17, 15) is 4.79 Å². The Hall–Kier alpha value is -2.56. The fourth-order valence-electron chi connectivity index (χ4n) is 2.33. The summed E-state index contributed by atoms with van der Waals surface area (Å²) in [6, 6.07) is 11.8. The largest absolute Gasteiger partial charge is 0.382 e. The van der Waals surface area contributed by atoms with Crippen LogP contribution in [-0.2, 0) is 13.0 Å². The second-order valence-electron chi connectivity index (χ2n) is 4.75. The molecule has 2 aromatic heterocycles. The van der Waals surface area contributed by atoms with Crippen LogP contribution in [-0.4, -0.2) is 14.5 Å². The second kappa shape index (κ2) is 4.85. The Morgan fingerprint density at radius 1 is 1.30 bits per heavy atom. The molecule has 2 heterocycles. The number of hydrogen-bond acceptors (Lipinski definition) is 3. The maximum absolute atomic E-state index is 12.1. The van der Waals surface area contributed by atoms with Crippen LogP contribution in [0.2, 0.25) is 0 Å². The summed E-state index contributed by atoms with van der Waals surface area (Å²) in [5, 5.41) is 0. The Morgan fingerprint density at radius 2 is 2.05 bits per heavy atom. The molecule has 3 aromatic rings. The summed E-state index contributed by atoms with van der Waals surface area (Å²) < 4.78 is 1.70. The number of anilines is 1. The highest BCUT2D eigenvalue weighted by atomic mass is 16.1. The number of aromatic nitrogens is 3. The molecule has 0 spiro atoms. The number of imidazole rings is 1. The zero-order chi connectivity index (χ0) is 14.1. The Balaban J connectivity index is 2.17. The van der Waals surface area contributed by atoms with Gasteiger partial charge in [0.25, 0.3) is 0 Å². The van der Waals surface area contributed by atoms with Crippen LogP contribution in [0.5, 0.6) is 0 Å². The summed E-state index contributed by atoms with van der Waals surface area (Å²) >= 11 is 0. The SMILES string of the molecule is CCc1cc2c([nH]c(=O)n2Cc2ccccc2)c(N)n1. The van der Waals surface area contributed by atoms with Gasteiger partial charge in [0.1, 0.15) is 11.3 Å². The first-order valence-electron chi connectivity index (χ1n) is 6.61. The van der Waals surface area contributed by atoms with Gasteiger partial charge >= 0.3 is 5.69 Å². The lowest BCUT2D eigenvalue weighted by Crippen LogP contribution is -2.17. The maximum atomic E-state index is 12.1. The van der Waals surface area contributed by atoms with Crippen molar-refractivity contribution in [2.45, 2.75) is 19.9 Å². The first-order chi connectivity index (χ1) is 9.69. The Bertz CT molecular complexity index is 802. The van der Waals surface area contributed by atoms with E-state index in [-0.39, 0.29) is 5.69 Å². The first-order valence-corrected chi connectivity index (χ1v) is 6.61. The molecule has 0 saturated carbocycles. The van der Waals surface area contributed by atoms with Crippen molar-refractivity contribution in [2.75, 3.05) is 5.73 Å². The fourth-order valence-corrected chi connectivity index (χ4v) is 2.33. The van der Waals surface area contributed by atoms with Crippen LogP contribution in [0.4, 0.5) is 5.82 Å². The molecule has 5 heteroatoms. The van der Waals surface area contributed by atoms with Gasteiger partial charge in [-0.2, -0.15) is 0 Å². The third-order valence-corrected chi connectivity index (χ3v) is 3.39. The van der Waals surface area contributed by atoms with Crippen molar-refractivity contribution in [2.24, 2.45) is 0 Å². The number of nitrogens with one attached hydrogen (secondary N) is 1. The highest BCUT2D eigenvalue weighted by Crippen LogP contribution is 2.18. The quantitative estimate of drug-likeness (QED) is 0.762. The minimum absolute atomic E-state index is 0.161. The third kappa shape index (κ3) is 2.07. The van der Waals surface area contributed by atoms with Gasteiger partial charge < -0.3 is 10.7 Å². The van der Waals surface area contributed by atoms with Gasteiger partial charge in [0, 0.05) is 5.69 Å². The van der Waals surface area contributed by atoms with E-state index in [1.807, 2.05) is 43.3 Å². The van der Waals surface area contributed by atoms with Crippen molar-refractivity contribution in [3.05, 3.63) is 58.1 Å². The van der Waals surface area contributed by atoms with E-state index in [0.717, 1.165) is 23.2 Å². The molecule has 0 saturated heterocycles. The van der Waals surface area contributed by atoms with Crippen LogP contribution < -0.4 is 11.4 Å². The average Bonchev–Trinajstić information content (AvgIpc) is 2.77. The normalized spacial score (nSPS) is 11.1. The number of pyridine rings is 1. The molecule has 3 N–H and O–H groups in total. The lowest BCUT2D eigenvalue weighted by Gasteiger charge is -2.05. The summed E-state index contributed by atoms with van der Waals surface area (Å²) in [7, 11) is 0. The smallest absolute Gasteiger partial charge is 0.326 e. The lowest BCUT2D eigenvalue weighted by molar-refractivity contribution is 0.786. The summed E-state index contributed by atoms with van der Waals surface area (Å²) in [6.45, 7) is 2.53. The summed E-state index contributed by atoms with van der Waals surface area (Å²) in [6.07, 6.45) is 0.783.